The highest BCUT2D eigenvalue weighted by Gasteiger charge is 2.20. The summed E-state index contributed by atoms with van der Waals surface area (Å²) in [7, 11) is -3.62. The molecule has 0 saturated heterocycles. The van der Waals surface area contributed by atoms with Gasteiger partial charge < -0.3 is 0 Å². The molecule has 0 aromatic heterocycles. The van der Waals surface area contributed by atoms with Crippen molar-refractivity contribution in [2.24, 2.45) is 0 Å². The smallest absolute Gasteiger partial charge is 0.224 e. The Bertz CT molecular complexity index is 598. The van der Waals surface area contributed by atoms with Crippen molar-refractivity contribution < 1.29 is 8.42 Å². The number of aryl methyl sites for hydroxylation is 1. The summed E-state index contributed by atoms with van der Waals surface area (Å²) in [4.78, 5) is 0.204. The summed E-state index contributed by atoms with van der Waals surface area (Å²) in [5.41, 5.74) is 0.998. The zero-order valence-electron chi connectivity index (χ0n) is 10.5. The highest BCUT2D eigenvalue weighted by Crippen LogP contribution is 2.15. The van der Waals surface area contributed by atoms with Crippen LogP contribution in [0.1, 0.15) is 18.9 Å². The molecular formula is C14H15NO2S. The van der Waals surface area contributed by atoms with Gasteiger partial charge in [-0.15, -0.1) is 11.8 Å². The van der Waals surface area contributed by atoms with E-state index in [1.807, 2.05) is 6.92 Å². The average Bonchev–Trinajstić information content (AvgIpc) is 2.35. The SMILES string of the molecule is C#CN(CCC#CC)S(=O)(=O)c1ccc(C)cc1. The van der Waals surface area contributed by atoms with E-state index in [2.05, 4.69) is 17.9 Å². The van der Waals surface area contributed by atoms with Crippen LogP contribution in [0.5, 0.6) is 0 Å². The Morgan fingerprint density at radius 1 is 1.28 bits per heavy atom. The Balaban J connectivity index is 2.99. The molecule has 0 amide bonds. The summed E-state index contributed by atoms with van der Waals surface area (Å²) in [6, 6.07) is 8.79. The van der Waals surface area contributed by atoms with E-state index in [9.17, 15) is 8.42 Å². The zero-order chi connectivity index (χ0) is 13.6. The number of hydrogen-bond donors (Lipinski definition) is 0. The first-order valence-corrected chi connectivity index (χ1v) is 6.91. The summed E-state index contributed by atoms with van der Waals surface area (Å²) >= 11 is 0. The van der Waals surface area contributed by atoms with Gasteiger partial charge in [-0.3, -0.25) is 0 Å². The third-order valence-corrected chi connectivity index (χ3v) is 4.11. The van der Waals surface area contributed by atoms with Gasteiger partial charge in [0.05, 0.1) is 11.4 Å². The molecule has 0 unspecified atom stereocenters. The van der Waals surface area contributed by atoms with Gasteiger partial charge in [-0.05, 0) is 26.0 Å². The van der Waals surface area contributed by atoms with E-state index in [1.54, 1.807) is 31.2 Å². The van der Waals surface area contributed by atoms with Gasteiger partial charge in [-0.1, -0.05) is 24.1 Å². The molecule has 0 atom stereocenters. The van der Waals surface area contributed by atoms with Crippen LogP contribution in [0.2, 0.25) is 0 Å². The molecule has 0 fully saturated rings. The molecule has 0 heterocycles. The first kappa shape index (κ1) is 14.2. The van der Waals surface area contributed by atoms with Crippen molar-refractivity contribution in [3.8, 4) is 24.3 Å². The molecule has 0 N–H and O–H groups in total. The molecule has 94 valence electrons. The van der Waals surface area contributed by atoms with E-state index in [1.165, 1.54) is 0 Å². The van der Waals surface area contributed by atoms with Crippen LogP contribution in [0.15, 0.2) is 29.2 Å². The zero-order valence-corrected chi connectivity index (χ0v) is 11.3. The molecule has 0 aliphatic carbocycles. The second kappa shape index (κ2) is 6.14. The lowest BCUT2D eigenvalue weighted by Crippen LogP contribution is -2.27. The normalized spacial score (nSPS) is 10.1. The van der Waals surface area contributed by atoms with Gasteiger partial charge in [0.2, 0.25) is 0 Å². The van der Waals surface area contributed by atoms with Gasteiger partial charge in [0.15, 0.2) is 0 Å². The van der Waals surface area contributed by atoms with E-state index in [0.717, 1.165) is 9.87 Å². The van der Waals surface area contributed by atoms with E-state index >= 15 is 0 Å². The Hall–Kier alpha value is -1.91. The third kappa shape index (κ3) is 3.29. The molecule has 1 aromatic rings. The summed E-state index contributed by atoms with van der Waals surface area (Å²) in [5, 5.41) is 0. The lowest BCUT2D eigenvalue weighted by Gasteiger charge is -2.16. The number of hydrogen-bond acceptors (Lipinski definition) is 2. The molecule has 18 heavy (non-hydrogen) atoms. The average molecular weight is 261 g/mol. The Kier molecular flexibility index (Phi) is 4.83. The predicted molar refractivity (Wildman–Crippen MR) is 72.0 cm³/mol. The monoisotopic (exact) mass is 261 g/mol. The minimum Gasteiger partial charge on any atom is -0.224 e. The first-order chi connectivity index (χ1) is 8.52. The van der Waals surface area contributed by atoms with Gasteiger partial charge >= 0.3 is 0 Å². The van der Waals surface area contributed by atoms with Crippen LogP contribution in [0.3, 0.4) is 0 Å². The van der Waals surface area contributed by atoms with Gasteiger partial charge in [-0.25, -0.2) is 12.7 Å². The molecule has 0 radical (unpaired) electrons. The van der Waals surface area contributed by atoms with Crippen LogP contribution < -0.4 is 0 Å². The number of benzene rings is 1. The van der Waals surface area contributed by atoms with Gasteiger partial charge in [-0.2, -0.15) is 0 Å². The predicted octanol–water partition coefficient (Wildman–Crippen LogP) is 1.99. The van der Waals surface area contributed by atoms with E-state index in [0.29, 0.717) is 6.42 Å². The van der Waals surface area contributed by atoms with Crippen LogP contribution in [0.25, 0.3) is 0 Å². The van der Waals surface area contributed by atoms with Crippen molar-refractivity contribution in [2.75, 3.05) is 6.54 Å². The molecule has 3 nitrogen and oxygen atoms in total. The second-order valence-electron chi connectivity index (χ2n) is 3.70. The van der Waals surface area contributed by atoms with Crippen molar-refractivity contribution in [2.45, 2.75) is 25.2 Å². The fourth-order valence-electron chi connectivity index (χ4n) is 1.37. The molecule has 0 saturated carbocycles. The van der Waals surface area contributed by atoms with E-state index < -0.39 is 10.0 Å². The maximum atomic E-state index is 12.2. The minimum atomic E-state index is -3.62. The lowest BCUT2D eigenvalue weighted by atomic mass is 10.2. The number of terminal acetylenes is 1. The van der Waals surface area contributed by atoms with Gasteiger partial charge in [0.25, 0.3) is 10.0 Å². The van der Waals surface area contributed by atoms with Crippen LogP contribution in [-0.2, 0) is 10.0 Å². The third-order valence-electron chi connectivity index (χ3n) is 2.37. The van der Waals surface area contributed by atoms with Crippen molar-refractivity contribution in [1.29, 1.82) is 0 Å². The summed E-state index contributed by atoms with van der Waals surface area (Å²) in [6.07, 6.45) is 5.68. The van der Waals surface area contributed by atoms with Crippen molar-refractivity contribution in [1.82, 2.24) is 4.31 Å². The summed E-state index contributed by atoms with van der Waals surface area (Å²) in [6.45, 7) is 3.80. The molecule has 0 spiro atoms. The fraction of sp³-hybridized carbons (Fsp3) is 0.286. The Morgan fingerprint density at radius 2 is 1.89 bits per heavy atom. The second-order valence-corrected chi connectivity index (χ2v) is 5.56. The van der Waals surface area contributed by atoms with Gasteiger partial charge in [0.1, 0.15) is 0 Å². The highest BCUT2D eigenvalue weighted by atomic mass is 32.2. The first-order valence-electron chi connectivity index (χ1n) is 5.47. The fourth-order valence-corrected chi connectivity index (χ4v) is 2.58. The summed E-state index contributed by atoms with van der Waals surface area (Å²) < 4.78 is 25.4. The number of sulfonamides is 1. The maximum absolute atomic E-state index is 12.2. The topological polar surface area (TPSA) is 37.4 Å². The molecule has 0 aliphatic rings. The highest BCUT2D eigenvalue weighted by molar-refractivity contribution is 7.89. The lowest BCUT2D eigenvalue weighted by molar-refractivity contribution is 0.516. The molecule has 1 aromatic carbocycles. The van der Waals surface area contributed by atoms with Crippen LogP contribution in [0.4, 0.5) is 0 Å². The quantitative estimate of drug-likeness (QED) is 0.614. The number of rotatable bonds is 4. The van der Waals surface area contributed by atoms with Crippen LogP contribution in [-0.4, -0.2) is 19.3 Å². The molecule has 1 rings (SSSR count). The minimum absolute atomic E-state index is 0.202. The largest absolute Gasteiger partial charge is 0.270 e. The van der Waals surface area contributed by atoms with Crippen LogP contribution >= 0.6 is 0 Å². The molecule has 0 bridgehead atoms. The van der Waals surface area contributed by atoms with Crippen molar-refractivity contribution in [3.63, 3.8) is 0 Å². The summed E-state index contributed by atoms with van der Waals surface area (Å²) in [5.74, 6) is 5.50. The maximum Gasteiger partial charge on any atom is 0.270 e. The standard InChI is InChI=1S/C14H15NO2S/c1-4-6-7-12-15(5-2)18(16,17)14-10-8-13(3)9-11-14/h2,8-11H,7,12H2,1,3H3. The van der Waals surface area contributed by atoms with E-state index in [-0.39, 0.29) is 11.4 Å². The Labute approximate surface area is 109 Å². The van der Waals surface area contributed by atoms with Gasteiger partial charge in [0, 0.05) is 12.5 Å². The molecule has 0 aliphatic heterocycles. The number of nitrogens with zero attached hydrogens (tertiary/aromatic N) is 1. The van der Waals surface area contributed by atoms with E-state index in [4.69, 9.17) is 6.42 Å². The van der Waals surface area contributed by atoms with Crippen LogP contribution in [0, 0.1) is 31.2 Å². The van der Waals surface area contributed by atoms with Crippen molar-refractivity contribution >= 4 is 10.0 Å². The molecular weight excluding hydrogens is 246 g/mol. The molecule has 4 heteroatoms. The Morgan fingerprint density at radius 3 is 2.39 bits per heavy atom. The van der Waals surface area contributed by atoms with Crippen molar-refractivity contribution in [3.05, 3.63) is 29.8 Å².